The quantitative estimate of drug-likeness (QED) is 0.309. The van der Waals surface area contributed by atoms with Crippen LogP contribution in [0.5, 0.6) is 0 Å². The van der Waals surface area contributed by atoms with E-state index in [9.17, 15) is 9.59 Å². The van der Waals surface area contributed by atoms with Gasteiger partial charge in [0.2, 0.25) is 5.91 Å². The van der Waals surface area contributed by atoms with Gasteiger partial charge in [-0.25, -0.2) is 5.84 Å². The summed E-state index contributed by atoms with van der Waals surface area (Å²) in [6, 6.07) is 0. The van der Waals surface area contributed by atoms with Crippen molar-refractivity contribution >= 4 is 11.9 Å². The van der Waals surface area contributed by atoms with Crippen molar-refractivity contribution in [3.63, 3.8) is 0 Å². The number of rotatable bonds is 3. The summed E-state index contributed by atoms with van der Waals surface area (Å²) in [5.74, 6) is 3.79. The zero-order valence-electron chi connectivity index (χ0n) is 5.70. The van der Waals surface area contributed by atoms with E-state index in [-0.39, 0.29) is 18.9 Å². The van der Waals surface area contributed by atoms with Crippen molar-refractivity contribution in [1.82, 2.24) is 5.01 Å². The molecule has 0 bridgehead atoms. The summed E-state index contributed by atoms with van der Waals surface area (Å²) >= 11 is 0. The fourth-order valence-electron chi connectivity index (χ4n) is 0.374. The number of amides is 1. The smallest absolute Gasteiger partial charge is 0.305 e. The first kappa shape index (κ1) is 8.90. The summed E-state index contributed by atoms with van der Waals surface area (Å²) in [4.78, 5) is 20.3. The normalized spacial score (nSPS) is 9.00. The second kappa shape index (κ2) is 3.84. The molecule has 3 N–H and O–H groups in total. The average molecular weight is 146 g/mol. The van der Waals surface area contributed by atoms with Crippen LogP contribution in [0, 0.1) is 0 Å². The molecule has 58 valence electrons. The maximum atomic E-state index is 10.4. The maximum absolute atomic E-state index is 10.4. The molecule has 0 spiro atoms. The van der Waals surface area contributed by atoms with Gasteiger partial charge in [-0.2, -0.15) is 0 Å². The molecule has 0 heterocycles. The van der Waals surface area contributed by atoms with Crippen LogP contribution in [0.2, 0.25) is 0 Å². The molecule has 0 aliphatic rings. The minimum Gasteiger partial charge on any atom is -0.481 e. The van der Waals surface area contributed by atoms with Gasteiger partial charge in [-0.3, -0.25) is 14.6 Å². The summed E-state index contributed by atoms with van der Waals surface area (Å²) in [5.41, 5.74) is 0. The predicted octanol–water partition coefficient (Wildman–Crippen LogP) is -0.817. The molecule has 0 aromatic carbocycles. The second-order valence-electron chi connectivity index (χ2n) is 1.86. The molecule has 0 aromatic rings. The highest BCUT2D eigenvalue weighted by Crippen LogP contribution is 1.83. The lowest BCUT2D eigenvalue weighted by Gasteiger charge is -2.11. The van der Waals surface area contributed by atoms with Gasteiger partial charge in [-0.05, 0) is 0 Å². The first-order chi connectivity index (χ1) is 4.54. The molecule has 5 heteroatoms. The molecule has 0 unspecified atom stereocenters. The zero-order chi connectivity index (χ0) is 8.15. The summed E-state index contributed by atoms with van der Waals surface area (Å²) < 4.78 is 0. The van der Waals surface area contributed by atoms with Gasteiger partial charge in [0.05, 0.1) is 6.42 Å². The van der Waals surface area contributed by atoms with E-state index in [2.05, 4.69) is 0 Å². The van der Waals surface area contributed by atoms with E-state index >= 15 is 0 Å². The van der Waals surface area contributed by atoms with E-state index in [0.717, 1.165) is 5.01 Å². The Bertz CT molecular complexity index is 146. The van der Waals surface area contributed by atoms with Crippen LogP contribution < -0.4 is 5.84 Å². The van der Waals surface area contributed by atoms with Gasteiger partial charge in [0.15, 0.2) is 0 Å². The molecule has 1 amide bonds. The fraction of sp³-hybridized carbons (Fsp3) is 0.600. The highest BCUT2D eigenvalue weighted by Gasteiger charge is 2.04. The summed E-state index contributed by atoms with van der Waals surface area (Å²) in [5, 5.41) is 9.02. The number of carbonyl (C=O) groups is 2. The molecule has 5 nitrogen and oxygen atoms in total. The number of aliphatic carboxylic acids is 1. The Morgan fingerprint density at radius 2 is 2.10 bits per heavy atom. The predicted molar refractivity (Wildman–Crippen MR) is 33.8 cm³/mol. The van der Waals surface area contributed by atoms with Crippen LogP contribution in [0.1, 0.15) is 13.3 Å². The van der Waals surface area contributed by atoms with Crippen molar-refractivity contribution in [3.05, 3.63) is 0 Å². The van der Waals surface area contributed by atoms with Crippen molar-refractivity contribution in [2.45, 2.75) is 13.3 Å². The minimum atomic E-state index is -0.961. The van der Waals surface area contributed by atoms with Gasteiger partial charge < -0.3 is 5.11 Å². The molecule has 10 heavy (non-hydrogen) atoms. The molecular formula is C5H10N2O3. The Labute approximate surface area is 58.4 Å². The molecule has 0 fully saturated rings. The third-order valence-electron chi connectivity index (χ3n) is 0.971. The summed E-state index contributed by atoms with van der Waals surface area (Å²) in [6.07, 6.45) is -0.115. The molecule has 0 aliphatic heterocycles. The fourth-order valence-corrected chi connectivity index (χ4v) is 0.374. The van der Waals surface area contributed by atoms with E-state index < -0.39 is 5.97 Å². The minimum absolute atomic E-state index is 0.0602. The number of nitrogens with zero attached hydrogens (tertiary/aromatic N) is 1. The van der Waals surface area contributed by atoms with Gasteiger partial charge in [-0.1, -0.05) is 0 Å². The third kappa shape index (κ3) is 3.85. The van der Waals surface area contributed by atoms with Crippen LogP contribution in [0.25, 0.3) is 0 Å². The van der Waals surface area contributed by atoms with E-state index in [1.165, 1.54) is 6.92 Å². The second-order valence-corrected chi connectivity index (χ2v) is 1.86. The van der Waals surface area contributed by atoms with E-state index in [1.54, 1.807) is 0 Å². The Kier molecular flexibility index (Phi) is 3.42. The number of hydrazine groups is 1. The molecule has 0 saturated heterocycles. The number of hydrogen-bond acceptors (Lipinski definition) is 3. The van der Waals surface area contributed by atoms with Crippen LogP contribution >= 0.6 is 0 Å². The Hall–Kier alpha value is -1.10. The van der Waals surface area contributed by atoms with Crippen LogP contribution in [0.4, 0.5) is 0 Å². The van der Waals surface area contributed by atoms with Crippen molar-refractivity contribution in [1.29, 1.82) is 0 Å². The number of carboxylic acid groups (broad SMARTS) is 1. The number of hydrogen-bond donors (Lipinski definition) is 2. The number of nitrogens with two attached hydrogens (primary N) is 1. The van der Waals surface area contributed by atoms with Crippen molar-refractivity contribution in [3.8, 4) is 0 Å². The highest BCUT2D eigenvalue weighted by molar-refractivity contribution is 5.73. The van der Waals surface area contributed by atoms with Crippen molar-refractivity contribution in [2.24, 2.45) is 5.84 Å². The molecular weight excluding hydrogens is 136 g/mol. The zero-order valence-corrected chi connectivity index (χ0v) is 5.70. The number of carboxylic acids is 1. The van der Waals surface area contributed by atoms with Crippen molar-refractivity contribution in [2.75, 3.05) is 6.54 Å². The Morgan fingerprint density at radius 1 is 1.60 bits per heavy atom. The first-order valence-corrected chi connectivity index (χ1v) is 2.78. The van der Waals surface area contributed by atoms with Gasteiger partial charge in [0.1, 0.15) is 0 Å². The SMILES string of the molecule is CC(=O)N(N)CCC(=O)O. The van der Waals surface area contributed by atoms with Crippen molar-refractivity contribution < 1.29 is 14.7 Å². The van der Waals surface area contributed by atoms with Crippen LogP contribution in [-0.4, -0.2) is 28.5 Å². The topological polar surface area (TPSA) is 83.6 Å². The molecule has 0 rings (SSSR count). The van der Waals surface area contributed by atoms with Crippen LogP contribution in [-0.2, 0) is 9.59 Å². The largest absolute Gasteiger partial charge is 0.481 e. The van der Waals surface area contributed by atoms with Crippen LogP contribution in [0.3, 0.4) is 0 Å². The Morgan fingerprint density at radius 3 is 2.40 bits per heavy atom. The van der Waals surface area contributed by atoms with Crippen LogP contribution in [0.15, 0.2) is 0 Å². The average Bonchev–Trinajstić information content (AvgIpc) is 1.82. The van der Waals surface area contributed by atoms with Gasteiger partial charge in [0.25, 0.3) is 0 Å². The summed E-state index contributed by atoms with van der Waals surface area (Å²) in [7, 11) is 0. The summed E-state index contributed by atoms with van der Waals surface area (Å²) in [6.45, 7) is 1.34. The third-order valence-corrected chi connectivity index (χ3v) is 0.971. The number of carbonyl (C=O) groups excluding carboxylic acids is 1. The molecule has 0 saturated carbocycles. The van der Waals surface area contributed by atoms with E-state index in [0.29, 0.717) is 0 Å². The van der Waals surface area contributed by atoms with E-state index in [4.69, 9.17) is 10.9 Å². The molecule has 0 radical (unpaired) electrons. The monoisotopic (exact) mass is 146 g/mol. The lowest BCUT2D eigenvalue weighted by atomic mass is 10.4. The van der Waals surface area contributed by atoms with Gasteiger partial charge in [-0.15, -0.1) is 0 Å². The molecule has 0 aliphatic carbocycles. The molecule has 0 atom stereocenters. The Balaban J connectivity index is 3.49. The van der Waals surface area contributed by atoms with E-state index in [1.807, 2.05) is 0 Å². The lowest BCUT2D eigenvalue weighted by molar-refractivity contribution is -0.138. The molecule has 0 aromatic heterocycles. The lowest BCUT2D eigenvalue weighted by Crippen LogP contribution is -2.37. The highest BCUT2D eigenvalue weighted by atomic mass is 16.4. The standard InChI is InChI=1S/C5H10N2O3/c1-4(8)7(6)3-2-5(9)10/h2-3,6H2,1H3,(H,9,10). The maximum Gasteiger partial charge on any atom is 0.305 e. The first-order valence-electron chi connectivity index (χ1n) is 2.78. The van der Waals surface area contributed by atoms with Gasteiger partial charge >= 0.3 is 5.97 Å². The van der Waals surface area contributed by atoms with Gasteiger partial charge in [0, 0.05) is 13.5 Å².